The highest BCUT2D eigenvalue weighted by atomic mass is 16.6. The second kappa shape index (κ2) is 8.15. The van der Waals surface area contributed by atoms with Crippen molar-refractivity contribution in [3.05, 3.63) is 71.8 Å². The largest absolute Gasteiger partial charge is 0.447 e. The van der Waals surface area contributed by atoms with Gasteiger partial charge in [0.2, 0.25) is 5.91 Å². The lowest BCUT2D eigenvalue weighted by atomic mass is 9.84. The van der Waals surface area contributed by atoms with Crippen LogP contribution in [0, 0.1) is 11.3 Å². The SMILES string of the molecule is CC(C)(C)[C@H]1COC(=O)N1C(=O)[C@H](Cc1ccccc1)[C@@H](O)c1ccccc1. The van der Waals surface area contributed by atoms with Gasteiger partial charge in [-0.15, -0.1) is 0 Å². The number of aliphatic hydroxyl groups excluding tert-OH is 1. The van der Waals surface area contributed by atoms with Crippen molar-refractivity contribution in [3.63, 3.8) is 0 Å². The van der Waals surface area contributed by atoms with Crippen molar-refractivity contribution in [2.75, 3.05) is 6.61 Å². The Morgan fingerprint density at radius 1 is 1.11 bits per heavy atom. The molecule has 2 aromatic carbocycles. The highest BCUT2D eigenvalue weighted by molar-refractivity contribution is 5.95. The summed E-state index contributed by atoms with van der Waals surface area (Å²) in [6.07, 6.45) is -1.33. The number of rotatable bonds is 5. The Labute approximate surface area is 165 Å². The quantitative estimate of drug-likeness (QED) is 0.851. The van der Waals surface area contributed by atoms with Gasteiger partial charge in [0.25, 0.3) is 0 Å². The molecule has 3 rings (SSSR count). The zero-order valence-electron chi connectivity index (χ0n) is 16.5. The first kappa shape index (κ1) is 20.1. The Morgan fingerprint density at radius 2 is 1.68 bits per heavy atom. The van der Waals surface area contributed by atoms with E-state index in [1.165, 1.54) is 4.90 Å². The maximum Gasteiger partial charge on any atom is 0.417 e. The molecule has 0 bridgehead atoms. The third kappa shape index (κ3) is 4.25. The molecule has 1 heterocycles. The number of benzene rings is 2. The van der Waals surface area contributed by atoms with E-state index in [4.69, 9.17) is 4.74 Å². The maximum atomic E-state index is 13.5. The highest BCUT2D eigenvalue weighted by Crippen LogP contribution is 2.34. The van der Waals surface area contributed by atoms with Gasteiger partial charge in [-0.2, -0.15) is 0 Å². The van der Waals surface area contributed by atoms with Gasteiger partial charge in [-0.1, -0.05) is 81.4 Å². The van der Waals surface area contributed by atoms with Crippen LogP contribution in [0.5, 0.6) is 0 Å². The van der Waals surface area contributed by atoms with E-state index in [2.05, 4.69) is 0 Å². The van der Waals surface area contributed by atoms with E-state index in [1.807, 2.05) is 69.3 Å². The van der Waals surface area contributed by atoms with Crippen molar-refractivity contribution in [3.8, 4) is 0 Å². The Kier molecular flexibility index (Phi) is 5.84. The van der Waals surface area contributed by atoms with Crippen LogP contribution in [0.2, 0.25) is 0 Å². The molecular formula is C23H27NO4. The minimum Gasteiger partial charge on any atom is -0.447 e. The molecule has 0 aromatic heterocycles. The number of hydrogen-bond donors (Lipinski definition) is 1. The zero-order valence-corrected chi connectivity index (χ0v) is 16.5. The first-order valence-corrected chi connectivity index (χ1v) is 9.56. The number of ether oxygens (including phenoxy) is 1. The van der Waals surface area contributed by atoms with E-state index in [1.54, 1.807) is 12.1 Å². The number of aliphatic hydroxyl groups is 1. The fraction of sp³-hybridized carbons (Fsp3) is 0.391. The van der Waals surface area contributed by atoms with Gasteiger partial charge in [-0.3, -0.25) is 4.79 Å². The second-order valence-corrected chi connectivity index (χ2v) is 8.32. The molecule has 5 heteroatoms. The van der Waals surface area contributed by atoms with E-state index >= 15 is 0 Å². The summed E-state index contributed by atoms with van der Waals surface area (Å²) < 4.78 is 5.20. The van der Waals surface area contributed by atoms with E-state index in [0.29, 0.717) is 12.0 Å². The number of hydrogen-bond acceptors (Lipinski definition) is 4. The van der Waals surface area contributed by atoms with Crippen molar-refractivity contribution in [2.24, 2.45) is 11.3 Å². The predicted octanol–water partition coefficient (Wildman–Crippen LogP) is 3.97. The number of carbonyl (C=O) groups excluding carboxylic acids is 2. The highest BCUT2D eigenvalue weighted by Gasteiger charge is 2.47. The van der Waals surface area contributed by atoms with Crippen LogP contribution in [0.15, 0.2) is 60.7 Å². The molecule has 0 aliphatic carbocycles. The molecule has 0 unspecified atom stereocenters. The van der Waals surface area contributed by atoms with E-state index < -0.39 is 24.0 Å². The van der Waals surface area contributed by atoms with Gasteiger partial charge >= 0.3 is 6.09 Å². The minimum absolute atomic E-state index is 0.174. The monoisotopic (exact) mass is 381 g/mol. The summed E-state index contributed by atoms with van der Waals surface area (Å²) in [7, 11) is 0. The normalized spacial score (nSPS) is 19.2. The van der Waals surface area contributed by atoms with Crippen LogP contribution in [0.1, 0.15) is 38.0 Å². The standard InChI is InChI=1S/C23H27NO4/c1-23(2,3)19-15-28-22(27)24(19)21(26)18(14-16-10-6-4-7-11-16)20(25)17-12-8-5-9-13-17/h4-13,18-20,25H,14-15H2,1-3H3/t18-,19-,20+/m1/s1. The van der Waals surface area contributed by atoms with E-state index in [0.717, 1.165) is 5.56 Å². The van der Waals surface area contributed by atoms with Crippen LogP contribution in [-0.4, -0.2) is 34.7 Å². The van der Waals surface area contributed by atoms with Gasteiger partial charge in [0.15, 0.2) is 0 Å². The summed E-state index contributed by atoms with van der Waals surface area (Å²) in [5.74, 6) is -1.19. The molecule has 0 saturated carbocycles. The second-order valence-electron chi connectivity index (χ2n) is 8.32. The maximum absolute atomic E-state index is 13.5. The Hall–Kier alpha value is -2.66. The number of cyclic esters (lactones) is 1. The van der Waals surface area contributed by atoms with Gasteiger partial charge in [-0.25, -0.2) is 9.69 Å². The molecule has 3 atom stereocenters. The van der Waals surface area contributed by atoms with E-state index in [9.17, 15) is 14.7 Å². The van der Waals surface area contributed by atoms with Gasteiger partial charge in [0.05, 0.1) is 18.1 Å². The van der Waals surface area contributed by atoms with Crippen LogP contribution in [0.4, 0.5) is 4.79 Å². The molecule has 1 aliphatic heterocycles. The third-order valence-electron chi connectivity index (χ3n) is 5.25. The predicted molar refractivity (Wildman–Crippen MR) is 106 cm³/mol. The zero-order chi connectivity index (χ0) is 20.3. The molecular weight excluding hydrogens is 354 g/mol. The van der Waals surface area contributed by atoms with Crippen molar-refractivity contribution in [2.45, 2.75) is 39.3 Å². The summed E-state index contributed by atoms with van der Waals surface area (Å²) in [6, 6.07) is 18.3. The summed E-state index contributed by atoms with van der Waals surface area (Å²) in [6.45, 7) is 6.09. The minimum atomic E-state index is -1.03. The topological polar surface area (TPSA) is 66.8 Å². The Balaban J connectivity index is 1.95. The van der Waals surface area contributed by atoms with Gasteiger partial charge in [-0.05, 0) is 23.0 Å². The van der Waals surface area contributed by atoms with E-state index in [-0.39, 0.29) is 18.1 Å². The van der Waals surface area contributed by atoms with Crippen molar-refractivity contribution in [1.29, 1.82) is 0 Å². The summed E-state index contributed by atoms with van der Waals surface area (Å²) in [4.78, 5) is 27.1. The van der Waals surface area contributed by atoms with Gasteiger partial charge < -0.3 is 9.84 Å². The molecule has 1 saturated heterocycles. The smallest absolute Gasteiger partial charge is 0.417 e. The molecule has 28 heavy (non-hydrogen) atoms. The van der Waals surface area contributed by atoms with Crippen LogP contribution < -0.4 is 0 Å². The molecule has 1 fully saturated rings. The average Bonchev–Trinajstić information content (AvgIpc) is 3.08. The molecule has 2 amide bonds. The first-order chi connectivity index (χ1) is 13.3. The lowest BCUT2D eigenvalue weighted by Gasteiger charge is -2.34. The summed E-state index contributed by atoms with van der Waals surface area (Å²) >= 11 is 0. The molecule has 0 spiro atoms. The number of amides is 2. The number of carbonyl (C=O) groups is 2. The van der Waals surface area contributed by atoms with Gasteiger partial charge in [0, 0.05) is 0 Å². The van der Waals surface area contributed by atoms with Gasteiger partial charge in [0.1, 0.15) is 6.61 Å². The lowest BCUT2D eigenvalue weighted by Crippen LogP contribution is -2.49. The fourth-order valence-electron chi connectivity index (χ4n) is 3.57. The first-order valence-electron chi connectivity index (χ1n) is 9.56. The molecule has 148 valence electrons. The summed E-state index contributed by atoms with van der Waals surface area (Å²) in [5, 5.41) is 11.0. The average molecular weight is 381 g/mol. The van der Waals surface area contributed by atoms with Crippen molar-refractivity contribution in [1.82, 2.24) is 4.90 Å². The fourth-order valence-corrected chi connectivity index (χ4v) is 3.57. The van der Waals surface area contributed by atoms with Crippen LogP contribution in [-0.2, 0) is 16.0 Å². The molecule has 0 radical (unpaired) electrons. The van der Waals surface area contributed by atoms with Crippen molar-refractivity contribution >= 4 is 12.0 Å². The lowest BCUT2D eigenvalue weighted by molar-refractivity contribution is -0.138. The summed E-state index contributed by atoms with van der Waals surface area (Å²) in [5.41, 5.74) is 1.25. The Morgan fingerprint density at radius 3 is 2.25 bits per heavy atom. The van der Waals surface area contributed by atoms with Crippen molar-refractivity contribution < 1.29 is 19.4 Å². The number of imide groups is 1. The third-order valence-corrected chi connectivity index (χ3v) is 5.25. The molecule has 1 N–H and O–H groups in total. The van der Waals surface area contributed by atoms with Crippen LogP contribution in [0.3, 0.4) is 0 Å². The molecule has 5 nitrogen and oxygen atoms in total. The Bertz CT molecular complexity index is 814. The van der Waals surface area contributed by atoms with Crippen LogP contribution >= 0.6 is 0 Å². The molecule has 1 aliphatic rings. The number of nitrogens with zero attached hydrogens (tertiary/aromatic N) is 1. The van der Waals surface area contributed by atoms with Crippen LogP contribution in [0.25, 0.3) is 0 Å². The molecule has 2 aromatic rings.